The van der Waals surface area contributed by atoms with E-state index in [-0.39, 0.29) is 0 Å². The molecule has 0 aliphatic carbocycles. The molecule has 0 aromatic rings. The molecular formula is C9H20IN. The minimum atomic E-state index is 0.437. The Balaban J connectivity index is 2.85. The summed E-state index contributed by atoms with van der Waals surface area (Å²) >= 11 is 0.437. The lowest BCUT2D eigenvalue weighted by Crippen LogP contribution is -2.16. The van der Waals surface area contributed by atoms with Crippen LogP contribution in [0.5, 0.6) is 0 Å². The average Bonchev–Trinajstić information content (AvgIpc) is 2.03. The van der Waals surface area contributed by atoms with Crippen LogP contribution in [0.4, 0.5) is 0 Å². The van der Waals surface area contributed by atoms with E-state index < -0.39 is 0 Å². The van der Waals surface area contributed by atoms with Gasteiger partial charge >= 0.3 is 0 Å². The van der Waals surface area contributed by atoms with E-state index in [0.29, 0.717) is 20.7 Å². The summed E-state index contributed by atoms with van der Waals surface area (Å²) in [6.07, 6.45) is 3.91. The predicted molar refractivity (Wildman–Crippen MR) is 63.0 cm³/mol. The zero-order valence-corrected chi connectivity index (χ0v) is 9.86. The van der Waals surface area contributed by atoms with Crippen molar-refractivity contribution in [3.63, 3.8) is 0 Å². The van der Waals surface area contributed by atoms with Crippen LogP contribution in [0.1, 0.15) is 33.1 Å². The van der Waals surface area contributed by atoms with Crippen LogP contribution in [-0.4, -0.2) is 21.5 Å². The van der Waals surface area contributed by atoms with Crippen molar-refractivity contribution in [2.24, 2.45) is 0 Å². The summed E-state index contributed by atoms with van der Waals surface area (Å²) in [4.78, 5) is 0. The van der Waals surface area contributed by atoms with Gasteiger partial charge in [0, 0.05) is 0 Å². The Morgan fingerprint density at radius 2 is 2.09 bits per heavy atom. The SMILES string of the molecule is CCCCNCCC=ICC. The van der Waals surface area contributed by atoms with Crippen molar-refractivity contribution in [2.75, 3.05) is 17.5 Å². The van der Waals surface area contributed by atoms with Crippen molar-refractivity contribution in [3.05, 3.63) is 0 Å². The van der Waals surface area contributed by atoms with Gasteiger partial charge in [0.05, 0.1) is 0 Å². The molecule has 2 heteroatoms. The first-order valence-electron chi connectivity index (χ1n) is 4.52. The molecule has 0 bridgehead atoms. The van der Waals surface area contributed by atoms with Crippen LogP contribution in [0.15, 0.2) is 0 Å². The van der Waals surface area contributed by atoms with E-state index >= 15 is 0 Å². The van der Waals surface area contributed by atoms with Crippen molar-refractivity contribution in [1.29, 1.82) is 0 Å². The maximum atomic E-state index is 3.43. The van der Waals surface area contributed by atoms with E-state index in [9.17, 15) is 0 Å². The van der Waals surface area contributed by atoms with Crippen molar-refractivity contribution >= 4 is 24.7 Å². The van der Waals surface area contributed by atoms with Crippen LogP contribution >= 0.6 is 20.7 Å². The summed E-state index contributed by atoms with van der Waals surface area (Å²) in [6, 6.07) is 0. The number of rotatable bonds is 7. The number of unbranched alkanes of at least 4 members (excludes halogenated alkanes) is 1. The Labute approximate surface area is 80.7 Å². The van der Waals surface area contributed by atoms with E-state index in [4.69, 9.17) is 0 Å². The number of nitrogens with one attached hydrogen (secondary N) is 1. The van der Waals surface area contributed by atoms with Gasteiger partial charge in [0.1, 0.15) is 0 Å². The number of halogens is 1. The van der Waals surface area contributed by atoms with Crippen molar-refractivity contribution in [3.8, 4) is 0 Å². The minimum absolute atomic E-state index is 0.437. The molecular weight excluding hydrogens is 249 g/mol. The molecule has 0 unspecified atom stereocenters. The Bertz CT molecular complexity index is 91.6. The minimum Gasteiger partial charge on any atom is -0.316 e. The Hall–Kier alpha value is 0.560. The molecule has 0 aliphatic rings. The van der Waals surface area contributed by atoms with E-state index in [2.05, 4.69) is 23.2 Å². The maximum absolute atomic E-state index is 3.43. The monoisotopic (exact) mass is 269 g/mol. The van der Waals surface area contributed by atoms with E-state index in [0.717, 1.165) is 0 Å². The molecule has 0 atom stereocenters. The molecule has 0 spiro atoms. The highest BCUT2D eigenvalue weighted by Crippen LogP contribution is 1.92. The van der Waals surface area contributed by atoms with E-state index in [1.54, 1.807) is 0 Å². The second-order valence-electron chi connectivity index (χ2n) is 2.47. The standard InChI is InChI=1S/C9H20IN/c1-3-5-8-11-9-6-7-10-4-2/h7,11H,3-6,8-9H2,1-2H3. The Morgan fingerprint density at radius 1 is 1.27 bits per heavy atom. The van der Waals surface area contributed by atoms with Gasteiger partial charge in [0.25, 0.3) is 0 Å². The fourth-order valence-electron chi connectivity index (χ4n) is 0.770. The summed E-state index contributed by atoms with van der Waals surface area (Å²) in [5.41, 5.74) is 0. The highest BCUT2D eigenvalue weighted by Gasteiger charge is 1.83. The molecule has 0 aromatic heterocycles. The molecule has 0 saturated carbocycles. The van der Waals surface area contributed by atoms with Gasteiger partial charge in [-0.3, -0.25) is 0 Å². The van der Waals surface area contributed by atoms with Gasteiger partial charge in [-0.25, -0.2) is 0 Å². The zero-order valence-electron chi connectivity index (χ0n) is 7.70. The lowest BCUT2D eigenvalue weighted by molar-refractivity contribution is 0.653. The third-order valence-electron chi connectivity index (χ3n) is 1.40. The first-order valence-corrected chi connectivity index (χ1v) is 7.29. The summed E-state index contributed by atoms with van der Waals surface area (Å²) in [5, 5.41) is 3.43. The largest absolute Gasteiger partial charge is 0.316 e. The molecule has 0 saturated heterocycles. The zero-order chi connectivity index (χ0) is 8.36. The van der Waals surface area contributed by atoms with Crippen LogP contribution in [0.25, 0.3) is 0 Å². The van der Waals surface area contributed by atoms with Gasteiger partial charge in [-0.15, -0.1) is 20.7 Å². The van der Waals surface area contributed by atoms with Gasteiger partial charge in [0.15, 0.2) is 0 Å². The number of alkyl halides is 1. The predicted octanol–water partition coefficient (Wildman–Crippen LogP) is 2.56. The third kappa shape index (κ3) is 10.6. The van der Waals surface area contributed by atoms with Gasteiger partial charge < -0.3 is 5.32 Å². The fraction of sp³-hybridized carbons (Fsp3) is 0.889. The molecule has 1 N–H and O–H groups in total. The summed E-state index contributed by atoms with van der Waals surface area (Å²) in [7, 11) is 0. The van der Waals surface area contributed by atoms with Gasteiger partial charge in [-0.2, -0.15) is 0 Å². The van der Waals surface area contributed by atoms with E-state index in [1.165, 1.54) is 36.8 Å². The molecule has 0 heterocycles. The molecule has 0 radical (unpaired) electrons. The van der Waals surface area contributed by atoms with Gasteiger partial charge in [-0.05, 0) is 30.4 Å². The molecule has 0 aromatic carbocycles. The van der Waals surface area contributed by atoms with Crippen LogP contribution in [0, 0.1) is 0 Å². The van der Waals surface area contributed by atoms with Crippen LogP contribution < -0.4 is 5.32 Å². The van der Waals surface area contributed by atoms with Gasteiger partial charge in [-0.1, -0.05) is 24.3 Å². The van der Waals surface area contributed by atoms with Crippen LogP contribution in [0.3, 0.4) is 0 Å². The van der Waals surface area contributed by atoms with Crippen LogP contribution in [-0.2, 0) is 0 Å². The normalized spacial score (nSPS) is 11.8. The number of hydrogen-bond donors (Lipinski definition) is 1. The topological polar surface area (TPSA) is 12.0 Å². The molecule has 11 heavy (non-hydrogen) atoms. The lowest BCUT2D eigenvalue weighted by atomic mass is 10.3. The fourth-order valence-corrected chi connectivity index (χ4v) is 2.14. The molecule has 0 amide bonds. The summed E-state index contributed by atoms with van der Waals surface area (Å²) in [5.74, 6) is 0. The maximum Gasteiger partial charge on any atom is -0.001000 e. The lowest BCUT2D eigenvalue weighted by Gasteiger charge is -1.99. The highest BCUT2D eigenvalue weighted by molar-refractivity contribution is 14.2. The Kier molecular flexibility index (Phi) is 11.1. The smallest absolute Gasteiger partial charge is 0.001000 e. The van der Waals surface area contributed by atoms with Crippen molar-refractivity contribution in [1.82, 2.24) is 5.32 Å². The average molecular weight is 269 g/mol. The number of hydrogen-bond acceptors (Lipinski definition) is 1. The molecule has 1 nitrogen and oxygen atoms in total. The van der Waals surface area contributed by atoms with E-state index in [1.807, 2.05) is 0 Å². The van der Waals surface area contributed by atoms with Crippen molar-refractivity contribution in [2.45, 2.75) is 33.1 Å². The first kappa shape index (κ1) is 11.6. The third-order valence-corrected chi connectivity index (χ3v) is 3.53. The van der Waals surface area contributed by atoms with Crippen molar-refractivity contribution < 1.29 is 0 Å². The molecule has 68 valence electrons. The molecule has 0 rings (SSSR count). The summed E-state index contributed by atoms with van der Waals surface area (Å²) < 4.78 is 3.88. The van der Waals surface area contributed by atoms with Gasteiger partial charge in [0.2, 0.25) is 0 Å². The first-order chi connectivity index (χ1) is 5.41. The van der Waals surface area contributed by atoms with Crippen LogP contribution in [0.2, 0.25) is 0 Å². The highest BCUT2D eigenvalue weighted by atomic mass is 127. The Morgan fingerprint density at radius 3 is 2.73 bits per heavy atom. The molecule has 0 aliphatic heterocycles. The summed E-state index contributed by atoms with van der Waals surface area (Å²) in [6.45, 7) is 6.90. The molecule has 0 fully saturated rings. The quantitative estimate of drug-likeness (QED) is 0.425. The second kappa shape index (κ2) is 10.6. The second-order valence-corrected chi connectivity index (χ2v) is 5.76.